The fraction of sp³-hybridized carbons (Fsp3) is 0.714. The first-order valence-electron chi connectivity index (χ1n) is 3.97. The summed E-state index contributed by atoms with van der Waals surface area (Å²) >= 11 is 0. The number of hydrogen-bond acceptors (Lipinski definition) is 3. The van der Waals surface area contributed by atoms with Gasteiger partial charge in [-0.05, 0) is 19.9 Å². The molecule has 60 valence electrons. The van der Waals surface area contributed by atoms with Gasteiger partial charge in [-0.15, -0.1) is 10.2 Å². The van der Waals surface area contributed by atoms with Crippen LogP contribution in [0, 0.1) is 0 Å². The predicted octanol–water partition coefficient (Wildman–Crippen LogP) is 0.332. The van der Waals surface area contributed by atoms with Gasteiger partial charge in [0.15, 0.2) is 0 Å². The lowest BCUT2D eigenvalue weighted by atomic mass is 10.1. The Morgan fingerprint density at radius 3 is 3.45 bits per heavy atom. The van der Waals surface area contributed by atoms with Crippen LogP contribution in [0.1, 0.15) is 24.7 Å². The van der Waals surface area contributed by atoms with Crippen LogP contribution in [-0.4, -0.2) is 21.8 Å². The molecule has 0 saturated carbocycles. The van der Waals surface area contributed by atoms with Crippen LogP contribution >= 0.6 is 0 Å². The maximum absolute atomic E-state index is 4.06. The number of rotatable bonds is 1. The Balaban J connectivity index is 2.32. The number of nitrogens with one attached hydrogen (secondary N) is 1. The molecule has 4 heteroatoms. The molecule has 2 heterocycles. The topological polar surface area (TPSA) is 42.7 Å². The van der Waals surface area contributed by atoms with E-state index < -0.39 is 0 Å². The van der Waals surface area contributed by atoms with E-state index in [0.29, 0.717) is 6.04 Å². The van der Waals surface area contributed by atoms with Crippen molar-refractivity contribution in [3.05, 3.63) is 12.2 Å². The molecule has 0 spiro atoms. The highest BCUT2D eigenvalue weighted by Crippen LogP contribution is 2.21. The van der Waals surface area contributed by atoms with Crippen molar-refractivity contribution in [2.24, 2.45) is 0 Å². The number of hydrogen-bond donors (Lipinski definition) is 1. The average molecular weight is 152 g/mol. The Morgan fingerprint density at radius 2 is 2.64 bits per heavy atom. The molecule has 1 aromatic rings. The molecule has 0 radical (unpaired) electrons. The van der Waals surface area contributed by atoms with Crippen LogP contribution < -0.4 is 5.32 Å². The van der Waals surface area contributed by atoms with E-state index in [1.165, 1.54) is 12.8 Å². The van der Waals surface area contributed by atoms with Crippen molar-refractivity contribution in [2.45, 2.75) is 25.4 Å². The lowest BCUT2D eigenvalue weighted by Crippen LogP contribution is -2.25. The fourth-order valence-electron chi connectivity index (χ4n) is 1.57. The van der Waals surface area contributed by atoms with Crippen LogP contribution in [0.25, 0.3) is 0 Å². The summed E-state index contributed by atoms with van der Waals surface area (Å²) in [6, 6.07) is 0.409. The molecule has 0 aromatic carbocycles. The molecule has 1 N–H and O–H groups in total. The van der Waals surface area contributed by atoms with Crippen molar-refractivity contribution >= 4 is 0 Å². The van der Waals surface area contributed by atoms with Gasteiger partial charge in [0.25, 0.3) is 0 Å². The van der Waals surface area contributed by atoms with Crippen LogP contribution in [0.2, 0.25) is 0 Å². The summed E-state index contributed by atoms with van der Waals surface area (Å²) in [5, 5.41) is 11.2. The number of aryl methyl sites for hydroxylation is 1. The van der Waals surface area contributed by atoms with Crippen LogP contribution in [0.3, 0.4) is 0 Å². The molecule has 0 saturated heterocycles. The standard InChI is InChI=1S/C7H12N4/c1-8-6-3-2-4-11-5-9-10-7(6)11/h5-6,8H,2-4H2,1H3. The molecule has 1 atom stereocenters. The summed E-state index contributed by atoms with van der Waals surface area (Å²) < 4.78 is 2.12. The molecule has 0 aliphatic carbocycles. The number of aromatic nitrogens is 3. The summed E-state index contributed by atoms with van der Waals surface area (Å²) in [6.45, 7) is 1.07. The Hall–Kier alpha value is -0.900. The minimum Gasteiger partial charge on any atom is -0.316 e. The van der Waals surface area contributed by atoms with E-state index in [9.17, 15) is 0 Å². The summed E-state index contributed by atoms with van der Waals surface area (Å²) in [7, 11) is 1.97. The van der Waals surface area contributed by atoms with E-state index in [1.54, 1.807) is 6.33 Å². The molecular weight excluding hydrogens is 140 g/mol. The quantitative estimate of drug-likeness (QED) is 0.630. The minimum absolute atomic E-state index is 0.409. The van der Waals surface area contributed by atoms with Gasteiger partial charge in [-0.2, -0.15) is 0 Å². The van der Waals surface area contributed by atoms with E-state index in [4.69, 9.17) is 0 Å². The summed E-state index contributed by atoms with van der Waals surface area (Å²) in [5.41, 5.74) is 0. The van der Waals surface area contributed by atoms with E-state index in [-0.39, 0.29) is 0 Å². The molecule has 4 nitrogen and oxygen atoms in total. The second-order valence-electron chi connectivity index (χ2n) is 2.87. The van der Waals surface area contributed by atoms with Crippen molar-refractivity contribution in [2.75, 3.05) is 7.05 Å². The summed E-state index contributed by atoms with van der Waals surface area (Å²) in [5.74, 6) is 1.08. The van der Waals surface area contributed by atoms with Crippen molar-refractivity contribution in [3.8, 4) is 0 Å². The van der Waals surface area contributed by atoms with E-state index in [0.717, 1.165) is 12.4 Å². The van der Waals surface area contributed by atoms with Gasteiger partial charge in [0, 0.05) is 6.54 Å². The Labute approximate surface area is 65.6 Å². The summed E-state index contributed by atoms with van der Waals surface area (Å²) in [6.07, 6.45) is 4.20. The maximum atomic E-state index is 4.06. The normalized spacial score (nSPS) is 23.2. The third kappa shape index (κ3) is 1.03. The third-order valence-corrected chi connectivity index (χ3v) is 2.20. The van der Waals surface area contributed by atoms with Crippen molar-refractivity contribution < 1.29 is 0 Å². The highest BCUT2D eigenvalue weighted by Gasteiger charge is 2.19. The van der Waals surface area contributed by atoms with Crippen molar-refractivity contribution in [1.82, 2.24) is 20.1 Å². The molecule has 1 aliphatic heterocycles. The molecule has 11 heavy (non-hydrogen) atoms. The monoisotopic (exact) mass is 152 g/mol. The molecule has 0 amide bonds. The number of fused-ring (bicyclic) bond motifs is 1. The molecule has 1 aromatic heterocycles. The van der Waals surface area contributed by atoms with E-state index in [1.807, 2.05) is 7.05 Å². The van der Waals surface area contributed by atoms with Crippen LogP contribution in [0.4, 0.5) is 0 Å². The zero-order chi connectivity index (χ0) is 7.68. The van der Waals surface area contributed by atoms with E-state index in [2.05, 4.69) is 20.1 Å². The van der Waals surface area contributed by atoms with E-state index >= 15 is 0 Å². The molecule has 0 bridgehead atoms. The van der Waals surface area contributed by atoms with Gasteiger partial charge in [-0.1, -0.05) is 0 Å². The van der Waals surface area contributed by atoms with Gasteiger partial charge in [-0.3, -0.25) is 0 Å². The van der Waals surface area contributed by atoms with Crippen molar-refractivity contribution in [3.63, 3.8) is 0 Å². The predicted molar refractivity (Wildman–Crippen MR) is 41.1 cm³/mol. The smallest absolute Gasteiger partial charge is 0.149 e. The minimum atomic E-state index is 0.409. The van der Waals surface area contributed by atoms with Gasteiger partial charge in [-0.25, -0.2) is 0 Å². The highest BCUT2D eigenvalue weighted by molar-refractivity contribution is 4.97. The second-order valence-corrected chi connectivity index (χ2v) is 2.87. The molecule has 1 aliphatic rings. The van der Waals surface area contributed by atoms with Gasteiger partial charge in [0.2, 0.25) is 0 Å². The van der Waals surface area contributed by atoms with Crippen LogP contribution in [0.15, 0.2) is 6.33 Å². The molecule has 1 unspecified atom stereocenters. The third-order valence-electron chi connectivity index (χ3n) is 2.20. The Morgan fingerprint density at radius 1 is 1.73 bits per heavy atom. The van der Waals surface area contributed by atoms with Crippen LogP contribution in [0.5, 0.6) is 0 Å². The largest absolute Gasteiger partial charge is 0.316 e. The first-order chi connectivity index (χ1) is 5.42. The zero-order valence-corrected chi connectivity index (χ0v) is 6.62. The van der Waals surface area contributed by atoms with Crippen molar-refractivity contribution in [1.29, 1.82) is 0 Å². The SMILES string of the molecule is CNC1CCCn2cnnc21. The fourth-order valence-corrected chi connectivity index (χ4v) is 1.57. The zero-order valence-electron chi connectivity index (χ0n) is 6.62. The van der Waals surface area contributed by atoms with Gasteiger partial charge < -0.3 is 9.88 Å². The average Bonchev–Trinajstić information content (AvgIpc) is 2.50. The second kappa shape index (κ2) is 2.62. The first kappa shape index (κ1) is 6.79. The number of nitrogens with zero attached hydrogens (tertiary/aromatic N) is 3. The first-order valence-corrected chi connectivity index (χ1v) is 3.97. The Bertz CT molecular complexity index is 242. The van der Waals surface area contributed by atoms with Gasteiger partial charge in [0.1, 0.15) is 12.2 Å². The van der Waals surface area contributed by atoms with Crippen LogP contribution in [-0.2, 0) is 6.54 Å². The maximum Gasteiger partial charge on any atom is 0.149 e. The lowest BCUT2D eigenvalue weighted by molar-refractivity contribution is 0.407. The van der Waals surface area contributed by atoms with Gasteiger partial charge >= 0.3 is 0 Å². The van der Waals surface area contributed by atoms with Gasteiger partial charge in [0.05, 0.1) is 6.04 Å². The Kier molecular flexibility index (Phi) is 1.62. The highest BCUT2D eigenvalue weighted by atomic mass is 15.3. The summed E-state index contributed by atoms with van der Waals surface area (Å²) in [4.78, 5) is 0. The lowest BCUT2D eigenvalue weighted by Gasteiger charge is -2.21. The molecule has 0 fully saturated rings. The molecular formula is C7H12N4. The molecule has 2 rings (SSSR count).